The predicted octanol–water partition coefficient (Wildman–Crippen LogP) is 3.76. The van der Waals surface area contributed by atoms with Gasteiger partial charge in [0.25, 0.3) is 0 Å². The van der Waals surface area contributed by atoms with Gasteiger partial charge in [0.1, 0.15) is 0 Å². The lowest BCUT2D eigenvalue weighted by molar-refractivity contribution is 0.165. The number of hydrogen-bond acceptors (Lipinski definition) is 1. The molecular formula is C14H27N. The minimum absolute atomic E-state index is 0.0887. The molecule has 0 aliphatic heterocycles. The van der Waals surface area contributed by atoms with Gasteiger partial charge in [0, 0.05) is 6.04 Å². The zero-order chi connectivity index (χ0) is 12.1. The first-order chi connectivity index (χ1) is 6.95. The molecule has 0 heterocycles. The van der Waals surface area contributed by atoms with Gasteiger partial charge in [0.2, 0.25) is 0 Å². The van der Waals surface area contributed by atoms with Crippen LogP contribution in [0.5, 0.6) is 0 Å². The molecule has 0 fully saturated rings. The largest absolute Gasteiger partial charge is 0.327 e. The van der Waals surface area contributed by atoms with Crippen LogP contribution in [-0.2, 0) is 0 Å². The maximum absolute atomic E-state index is 6.35. The van der Waals surface area contributed by atoms with Crippen molar-refractivity contribution in [2.75, 3.05) is 0 Å². The van der Waals surface area contributed by atoms with Crippen molar-refractivity contribution >= 4 is 0 Å². The summed E-state index contributed by atoms with van der Waals surface area (Å²) in [6.07, 6.45) is 6.18. The van der Waals surface area contributed by atoms with E-state index in [-0.39, 0.29) is 11.5 Å². The Balaban J connectivity index is 4.82. The molecule has 0 radical (unpaired) electrons. The van der Waals surface area contributed by atoms with Gasteiger partial charge in [-0.2, -0.15) is 0 Å². The first kappa shape index (κ1) is 14.4. The summed E-state index contributed by atoms with van der Waals surface area (Å²) in [5.74, 6) is 0.871. The molecule has 0 aliphatic carbocycles. The Kier molecular flexibility index (Phi) is 5.89. The van der Waals surface area contributed by atoms with Gasteiger partial charge in [-0.05, 0) is 30.1 Å². The summed E-state index contributed by atoms with van der Waals surface area (Å²) in [6, 6.07) is 0.156. The zero-order valence-corrected chi connectivity index (χ0v) is 10.8. The number of rotatable bonds is 7. The van der Waals surface area contributed by atoms with E-state index in [1.54, 1.807) is 0 Å². The molecule has 0 bridgehead atoms. The second-order valence-corrected chi connectivity index (χ2v) is 4.91. The third-order valence-electron chi connectivity index (χ3n) is 3.77. The first-order valence-electron chi connectivity index (χ1n) is 5.96. The van der Waals surface area contributed by atoms with Gasteiger partial charge >= 0.3 is 0 Å². The fourth-order valence-corrected chi connectivity index (χ4v) is 2.36. The molecule has 0 rings (SSSR count). The van der Waals surface area contributed by atoms with E-state index in [1.807, 2.05) is 12.2 Å². The van der Waals surface area contributed by atoms with E-state index in [1.165, 1.54) is 0 Å². The molecule has 0 aromatic heterocycles. The van der Waals surface area contributed by atoms with Crippen LogP contribution in [0, 0.1) is 17.3 Å². The Bertz CT molecular complexity index is 205. The highest BCUT2D eigenvalue weighted by atomic mass is 14.7. The molecule has 0 saturated heterocycles. The second kappa shape index (κ2) is 6.12. The highest BCUT2D eigenvalue weighted by molar-refractivity contribution is 5.00. The number of nitrogens with two attached hydrogens (primary N) is 1. The summed E-state index contributed by atoms with van der Waals surface area (Å²) in [6.45, 7) is 16.6. The van der Waals surface area contributed by atoms with Crippen molar-refractivity contribution < 1.29 is 0 Å². The quantitative estimate of drug-likeness (QED) is 0.635. The van der Waals surface area contributed by atoms with Crippen LogP contribution in [0.4, 0.5) is 0 Å². The topological polar surface area (TPSA) is 26.0 Å². The van der Waals surface area contributed by atoms with E-state index in [0.717, 1.165) is 12.8 Å². The maximum atomic E-state index is 6.35. The van der Waals surface area contributed by atoms with Crippen LogP contribution in [-0.4, -0.2) is 6.04 Å². The van der Waals surface area contributed by atoms with Crippen molar-refractivity contribution in [1.29, 1.82) is 0 Å². The average molecular weight is 209 g/mol. The summed E-state index contributed by atoms with van der Waals surface area (Å²) in [5, 5.41) is 0. The second-order valence-electron chi connectivity index (χ2n) is 4.91. The fraction of sp³-hybridized carbons (Fsp3) is 0.714. The monoisotopic (exact) mass is 209 g/mol. The molecule has 0 spiro atoms. The summed E-state index contributed by atoms with van der Waals surface area (Å²) < 4.78 is 0. The van der Waals surface area contributed by atoms with Crippen LogP contribution in [0.1, 0.15) is 40.5 Å². The van der Waals surface area contributed by atoms with Crippen molar-refractivity contribution in [2.45, 2.75) is 46.6 Å². The van der Waals surface area contributed by atoms with Crippen molar-refractivity contribution in [3.63, 3.8) is 0 Å². The summed E-state index contributed by atoms with van der Waals surface area (Å²) >= 11 is 0. The van der Waals surface area contributed by atoms with Crippen LogP contribution >= 0.6 is 0 Å². The van der Waals surface area contributed by atoms with Crippen molar-refractivity contribution in [3.8, 4) is 0 Å². The third kappa shape index (κ3) is 3.20. The van der Waals surface area contributed by atoms with Gasteiger partial charge < -0.3 is 5.73 Å². The summed E-state index contributed by atoms with van der Waals surface area (Å²) in [4.78, 5) is 0. The molecule has 0 aromatic rings. The molecule has 88 valence electrons. The van der Waals surface area contributed by atoms with E-state index in [2.05, 4.69) is 40.9 Å². The molecule has 1 nitrogen and oxygen atoms in total. The lowest BCUT2D eigenvalue weighted by atomic mass is 9.68. The van der Waals surface area contributed by atoms with Crippen LogP contribution in [0.15, 0.2) is 25.3 Å². The number of allylic oxidation sites excluding steroid dienone is 1. The molecule has 0 amide bonds. The molecular weight excluding hydrogens is 182 g/mol. The summed E-state index contributed by atoms with van der Waals surface area (Å²) in [5.41, 5.74) is 6.44. The Hall–Kier alpha value is -0.560. The third-order valence-corrected chi connectivity index (χ3v) is 3.77. The van der Waals surface area contributed by atoms with E-state index in [9.17, 15) is 0 Å². The Morgan fingerprint density at radius 3 is 1.93 bits per heavy atom. The lowest BCUT2D eigenvalue weighted by Crippen LogP contribution is -2.46. The molecule has 1 heteroatoms. The minimum atomic E-state index is 0.0887. The molecule has 0 aliphatic rings. The normalized spacial score (nSPS) is 17.9. The van der Waals surface area contributed by atoms with E-state index in [4.69, 9.17) is 5.73 Å². The number of hydrogen-bond donors (Lipinski definition) is 1. The van der Waals surface area contributed by atoms with Crippen LogP contribution in [0.3, 0.4) is 0 Å². The van der Waals surface area contributed by atoms with Crippen molar-refractivity contribution in [1.82, 2.24) is 0 Å². The Labute approximate surface area is 95.4 Å². The van der Waals surface area contributed by atoms with Gasteiger partial charge in [-0.25, -0.2) is 0 Å². The molecule has 0 saturated carbocycles. The predicted molar refractivity (Wildman–Crippen MR) is 69.7 cm³/mol. The maximum Gasteiger partial charge on any atom is 0.0159 e. The molecule has 15 heavy (non-hydrogen) atoms. The van der Waals surface area contributed by atoms with Gasteiger partial charge in [-0.3, -0.25) is 0 Å². The van der Waals surface area contributed by atoms with Crippen LogP contribution < -0.4 is 5.73 Å². The first-order valence-corrected chi connectivity index (χ1v) is 5.96. The van der Waals surface area contributed by atoms with Crippen LogP contribution in [0.2, 0.25) is 0 Å². The zero-order valence-electron chi connectivity index (χ0n) is 10.8. The van der Waals surface area contributed by atoms with Crippen molar-refractivity contribution in [3.05, 3.63) is 25.3 Å². The smallest absolute Gasteiger partial charge is 0.0159 e. The highest BCUT2D eigenvalue weighted by Crippen LogP contribution is 2.36. The molecule has 3 unspecified atom stereocenters. The average Bonchev–Trinajstić information content (AvgIpc) is 2.20. The van der Waals surface area contributed by atoms with E-state index in [0.29, 0.717) is 11.8 Å². The molecule has 0 aromatic carbocycles. The Morgan fingerprint density at radius 2 is 1.67 bits per heavy atom. The fourth-order valence-electron chi connectivity index (χ4n) is 2.36. The van der Waals surface area contributed by atoms with Gasteiger partial charge in [0.15, 0.2) is 0 Å². The standard InChI is InChI=1S/C14H27N/c1-7-11(8-2)13(15)14(5,6)12(9-3)10-4/h7,9,11-13H,1,3,8,10,15H2,2,4-6H3. The van der Waals surface area contributed by atoms with Gasteiger partial charge in [0.05, 0.1) is 0 Å². The molecule has 2 N–H and O–H groups in total. The highest BCUT2D eigenvalue weighted by Gasteiger charge is 2.35. The molecule has 3 atom stereocenters. The van der Waals surface area contributed by atoms with Gasteiger partial charge in [-0.15, -0.1) is 13.2 Å². The Morgan fingerprint density at radius 1 is 1.13 bits per heavy atom. The summed E-state index contributed by atoms with van der Waals surface area (Å²) in [7, 11) is 0. The van der Waals surface area contributed by atoms with Crippen molar-refractivity contribution in [2.24, 2.45) is 23.0 Å². The van der Waals surface area contributed by atoms with E-state index >= 15 is 0 Å². The lowest BCUT2D eigenvalue weighted by Gasteiger charge is -2.40. The van der Waals surface area contributed by atoms with Gasteiger partial charge in [-0.1, -0.05) is 39.8 Å². The SMILES string of the molecule is C=CC(CC)C(N)C(C)(C)C(C=C)CC. The minimum Gasteiger partial charge on any atom is -0.327 e. The van der Waals surface area contributed by atoms with E-state index < -0.39 is 0 Å². The van der Waals surface area contributed by atoms with Crippen LogP contribution in [0.25, 0.3) is 0 Å².